The average molecular weight is 563 g/mol. The molecule has 1 heterocycles. The number of rotatable bonds is 3. The number of hydrogen-bond donors (Lipinski definition) is 0. The van der Waals surface area contributed by atoms with Gasteiger partial charge in [-0.3, -0.25) is 4.57 Å². The second kappa shape index (κ2) is 9.95. The van der Waals surface area contributed by atoms with Crippen molar-refractivity contribution in [2.45, 2.75) is 6.92 Å². The van der Waals surface area contributed by atoms with Gasteiger partial charge in [0.2, 0.25) is 5.82 Å². The first kappa shape index (κ1) is 24.7. The van der Waals surface area contributed by atoms with Crippen LogP contribution < -0.4 is 4.57 Å². The SMILES string of the molecule is Cc1ccc(-c2[c-]c3ccccc3cc2)[c-]c1-c1n(-c2ccccc2)c2c3ccccc3ccc2[n+]1C.[Y]. The van der Waals surface area contributed by atoms with Crippen LogP contribution in [0.3, 0.4) is 0 Å². The van der Waals surface area contributed by atoms with Crippen LogP contribution in [0.25, 0.3) is 60.8 Å². The van der Waals surface area contributed by atoms with Crippen molar-refractivity contribution >= 4 is 32.6 Å². The molecule has 1 radical (unpaired) electrons. The van der Waals surface area contributed by atoms with Crippen molar-refractivity contribution in [3.05, 3.63) is 133 Å². The van der Waals surface area contributed by atoms with Crippen molar-refractivity contribution in [1.82, 2.24) is 4.57 Å². The van der Waals surface area contributed by atoms with E-state index in [1.165, 1.54) is 32.8 Å². The van der Waals surface area contributed by atoms with Crippen molar-refractivity contribution < 1.29 is 37.3 Å². The number of para-hydroxylation sites is 1. The van der Waals surface area contributed by atoms with Crippen LogP contribution in [-0.4, -0.2) is 4.57 Å². The number of aromatic nitrogens is 2. The van der Waals surface area contributed by atoms with Crippen LogP contribution in [0.5, 0.6) is 0 Å². The van der Waals surface area contributed by atoms with Crippen LogP contribution in [0.4, 0.5) is 0 Å². The van der Waals surface area contributed by atoms with Gasteiger partial charge in [-0.05, 0) is 41.3 Å². The number of fused-ring (bicyclic) bond motifs is 4. The first-order valence-electron chi connectivity index (χ1n) is 12.6. The Hall–Kier alpha value is -3.59. The molecule has 38 heavy (non-hydrogen) atoms. The largest absolute Gasteiger partial charge is 0.258 e. The minimum Gasteiger partial charge on any atom is -0.258 e. The van der Waals surface area contributed by atoms with Gasteiger partial charge in [-0.1, -0.05) is 66.9 Å². The molecule has 2 nitrogen and oxygen atoms in total. The maximum Gasteiger partial charge on any atom is 0.229 e. The van der Waals surface area contributed by atoms with Gasteiger partial charge in [-0.15, -0.1) is 35.2 Å². The molecule has 0 spiro atoms. The summed E-state index contributed by atoms with van der Waals surface area (Å²) in [7, 11) is 2.16. The molecular weight excluding hydrogens is 537 g/mol. The van der Waals surface area contributed by atoms with Crippen molar-refractivity contribution in [3.63, 3.8) is 0 Å². The van der Waals surface area contributed by atoms with Crippen molar-refractivity contribution in [2.24, 2.45) is 7.05 Å². The summed E-state index contributed by atoms with van der Waals surface area (Å²) in [5, 5.41) is 4.78. The molecule has 0 saturated heterocycles. The van der Waals surface area contributed by atoms with Gasteiger partial charge in [-0.25, -0.2) is 4.57 Å². The van der Waals surface area contributed by atoms with Crippen molar-refractivity contribution in [1.29, 1.82) is 0 Å². The van der Waals surface area contributed by atoms with E-state index in [0.717, 1.165) is 33.6 Å². The second-order valence-electron chi connectivity index (χ2n) is 9.60. The summed E-state index contributed by atoms with van der Waals surface area (Å²) in [5.41, 5.74) is 7.90. The number of aryl methyl sites for hydroxylation is 2. The van der Waals surface area contributed by atoms with Crippen LogP contribution in [0.15, 0.2) is 115 Å². The molecule has 0 amide bonds. The Morgan fingerprint density at radius 2 is 1.29 bits per heavy atom. The number of nitrogens with zero attached hydrogens (tertiary/aromatic N) is 2. The van der Waals surface area contributed by atoms with Gasteiger partial charge in [0.25, 0.3) is 0 Å². The quantitative estimate of drug-likeness (QED) is 0.152. The molecule has 0 bridgehead atoms. The summed E-state index contributed by atoms with van der Waals surface area (Å²) in [6.07, 6.45) is 0. The first-order valence-corrected chi connectivity index (χ1v) is 12.6. The summed E-state index contributed by atoms with van der Waals surface area (Å²) in [6, 6.07) is 48.2. The minimum absolute atomic E-state index is 0. The predicted octanol–water partition coefficient (Wildman–Crippen LogP) is 8.00. The molecular formula is C35H25N2Y-. The topological polar surface area (TPSA) is 8.81 Å². The molecule has 0 fully saturated rings. The van der Waals surface area contributed by atoms with E-state index < -0.39 is 0 Å². The number of hydrogen-bond acceptors (Lipinski definition) is 0. The molecule has 0 aliphatic rings. The van der Waals surface area contributed by atoms with Crippen LogP contribution >= 0.6 is 0 Å². The van der Waals surface area contributed by atoms with E-state index in [0.29, 0.717) is 0 Å². The van der Waals surface area contributed by atoms with Gasteiger partial charge in [-0.2, -0.15) is 29.3 Å². The van der Waals surface area contributed by atoms with Gasteiger partial charge >= 0.3 is 0 Å². The second-order valence-corrected chi connectivity index (χ2v) is 9.60. The van der Waals surface area contributed by atoms with E-state index in [2.05, 4.69) is 150 Å². The molecule has 179 valence electrons. The third kappa shape index (κ3) is 4.00. The number of benzene rings is 6. The maximum atomic E-state index is 3.80. The fourth-order valence-electron chi connectivity index (χ4n) is 5.46. The minimum atomic E-state index is 0. The van der Waals surface area contributed by atoms with E-state index in [4.69, 9.17) is 0 Å². The van der Waals surface area contributed by atoms with Gasteiger partial charge in [0.1, 0.15) is 5.69 Å². The van der Waals surface area contributed by atoms with Crippen LogP contribution in [0, 0.1) is 19.1 Å². The molecule has 3 heteroatoms. The van der Waals surface area contributed by atoms with Gasteiger partial charge in [0.05, 0.1) is 7.05 Å². The molecule has 0 N–H and O–H groups in total. The summed E-state index contributed by atoms with van der Waals surface area (Å²) in [5.74, 6) is 1.11. The summed E-state index contributed by atoms with van der Waals surface area (Å²) < 4.78 is 4.70. The fourth-order valence-corrected chi connectivity index (χ4v) is 5.46. The van der Waals surface area contributed by atoms with E-state index in [1.807, 2.05) is 0 Å². The zero-order valence-corrected chi connectivity index (χ0v) is 24.3. The standard InChI is InChI=1S/C35H25N2.Y/c1-24-16-17-29(28-19-18-25-10-6-7-12-27(25)22-28)23-32(24)35-36(2)33-21-20-26-11-8-9-15-31(26)34(33)37(35)30-13-4-3-5-14-30;/h3-21H,1-2H3;/q-1;. The zero-order chi connectivity index (χ0) is 24.9. The molecule has 0 unspecified atom stereocenters. The van der Waals surface area contributed by atoms with Crippen molar-refractivity contribution in [3.8, 4) is 28.2 Å². The van der Waals surface area contributed by atoms with E-state index in [9.17, 15) is 0 Å². The fraction of sp³-hybridized carbons (Fsp3) is 0.0571. The Bertz CT molecular complexity index is 1950. The predicted molar refractivity (Wildman–Crippen MR) is 153 cm³/mol. The maximum absolute atomic E-state index is 3.80. The Labute approximate surface area is 248 Å². The summed E-state index contributed by atoms with van der Waals surface area (Å²) in [6.45, 7) is 2.17. The van der Waals surface area contributed by atoms with E-state index >= 15 is 0 Å². The molecule has 7 rings (SSSR count). The molecule has 7 aromatic rings. The first-order chi connectivity index (χ1) is 18.2. The van der Waals surface area contributed by atoms with Crippen LogP contribution in [0.2, 0.25) is 0 Å². The molecule has 0 saturated carbocycles. The van der Waals surface area contributed by atoms with Crippen molar-refractivity contribution in [2.75, 3.05) is 0 Å². The number of imidazole rings is 1. The average Bonchev–Trinajstić information content (AvgIpc) is 3.26. The third-order valence-corrected chi connectivity index (χ3v) is 7.34. The molecule has 0 atom stereocenters. The Balaban J connectivity index is 0.00000264. The summed E-state index contributed by atoms with van der Waals surface area (Å²) in [4.78, 5) is 0. The zero-order valence-electron chi connectivity index (χ0n) is 21.4. The normalized spacial score (nSPS) is 11.2. The van der Waals surface area contributed by atoms with E-state index in [1.54, 1.807) is 0 Å². The van der Waals surface area contributed by atoms with Crippen LogP contribution in [-0.2, 0) is 39.8 Å². The summed E-state index contributed by atoms with van der Waals surface area (Å²) >= 11 is 0. The third-order valence-electron chi connectivity index (χ3n) is 7.34. The van der Waals surface area contributed by atoms with Crippen LogP contribution in [0.1, 0.15) is 5.56 Å². The molecule has 0 aliphatic heterocycles. The Kier molecular flexibility index (Phi) is 6.47. The molecule has 0 aliphatic carbocycles. The molecule has 6 aromatic carbocycles. The Morgan fingerprint density at radius 3 is 2.13 bits per heavy atom. The van der Waals surface area contributed by atoms with Gasteiger partial charge in [0, 0.05) is 38.1 Å². The smallest absolute Gasteiger partial charge is 0.229 e. The van der Waals surface area contributed by atoms with Gasteiger partial charge < -0.3 is 0 Å². The van der Waals surface area contributed by atoms with E-state index in [-0.39, 0.29) is 32.7 Å². The Morgan fingerprint density at radius 1 is 0.632 bits per heavy atom. The molecule has 1 aromatic heterocycles. The van der Waals surface area contributed by atoms with Gasteiger partial charge in [0.15, 0.2) is 11.0 Å². The monoisotopic (exact) mass is 562 g/mol.